The van der Waals surface area contributed by atoms with Gasteiger partial charge in [-0.25, -0.2) is 0 Å². The van der Waals surface area contributed by atoms with Crippen molar-refractivity contribution in [2.75, 3.05) is 5.32 Å². The van der Waals surface area contributed by atoms with E-state index in [2.05, 4.69) is 32.4 Å². The third-order valence-electron chi connectivity index (χ3n) is 2.87. The fourth-order valence-corrected chi connectivity index (χ4v) is 2.65. The van der Waals surface area contributed by atoms with Crippen LogP contribution in [0.15, 0.2) is 28.7 Å². The zero-order valence-electron chi connectivity index (χ0n) is 10.8. The van der Waals surface area contributed by atoms with Crippen LogP contribution < -0.4 is 11.1 Å². The second-order valence-electron chi connectivity index (χ2n) is 4.24. The Bertz CT molecular complexity index is 621. The number of anilines is 1. The van der Waals surface area contributed by atoms with E-state index in [4.69, 9.17) is 18.0 Å². The molecule has 0 fully saturated rings. The molecule has 0 saturated heterocycles. The number of nitrogens with two attached hydrogens (primary N) is 1. The van der Waals surface area contributed by atoms with Crippen LogP contribution in [0.3, 0.4) is 0 Å². The number of thiocarbonyl (C=S) groups is 1. The second-order valence-corrected chi connectivity index (χ2v) is 5.54. The van der Waals surface area contributed by atoms with E-state index >= 15 is 0 Å². The quantitative estimate of drug-likeness (QED) is 0.841. The molecule has 6 heteroatoms. The van der Waals surface area contributed by atoms with E-state index in [9.17, 15) is 0 Å². The predicted octanol–water partition coefficient (Wildman–Crippen LogP) is 2.74. The maximum absolute atomic E-state index is 5.76. The summed E-state index contributed by atoms with van der Waals surface area (Å²) in [7, 11) is 1.87. The van der Waals surface area contributed by atoms with Crippen LogP contribution in [-0.2, 0) is 13.6 Å². The van der Waals surface area contributed by atoms with E-state index < -0.39 is 0 Å². The fraction of sp³-hybridized carbons (Fsp3) is 0.231. The standard InChI is InChI=1S/C13H15BrN4S/c1-8-11(12(15)19)13(18(2)17-8)16-7-9-5-3-4-6-10(9)14/h3-6,16H,7H2,1-2H3,(H2,15,19). The van der Waals surface area contributed by atoms with Gasteiger partial charge in [-0.2, -0.15) is 5.10 Å². The lowest BCUT2D eigenvalue weighted by Crippen LogP contribution is -2.14. The van der Waals surface area contributed by atoms with Crippen LogP contribution in [0.4, 0.5) is 5.82 Å². The predicted molar refractivity (Wildman–Crippen MR) is 85.3 cm³/mol. The summed E-state index contributed by atoms with van der Waals surface area (Å²) in [5.74, 6) is 0.848. The molecule has 0 aliphatic rings. The highest BCUT2D eigenvalue weighted by atomic mass is 79.9. The first-order chi connectivity index (χ1) is 9.00. The Kier molecular flexibility index (Phi) is 4.21. The average Bonchev–Trinajstić information content (AvgIpc) is 2.63. The molecule has 1 heterocycles. The van der Waals surface area contributed by atoms with Crippen molar-refractivity contribution < 1.29 is 0 Å². The summed E-state index contributed by atoms with van der Waals surface area (Å²) >= 11 is 8.61. The van der Waals surface area contributed by atoms with E-state index in [0.29, 0.717) is 11.5 Å². The van der Waals surface area contributed by atoms with Gasteiger partial charge in [0.05, 0.1) is 11.3 Å². The van der Waals surface area contributed by atoms with Crippen LogP contribution in [0.25, 0.3) is 0 Å². The van der Waals surface area contributed by atoms with Gasteiger partial charge in [-0.05, 0) is 18.6 Å². The molecular formula is C13H15BrN4S. The molecule has 0 aliphatic heterocycles. The molecule has 0 unspecified atom stereocenters. The van der Waals surface area contributed by atoms with Crippen molar-refractivity contribution in [3.05, 3.63) is 45.6 Å². The highest BCUT2D eigenvalue weighted by molar-refractivity contribution is 9.10. The van der Waals surface area contributed by atoms with Gasteiger partial charge in [0.15, 0.2) is 0 Å². The zero-order chi connectivity index (χ0) is 14.0. The van der Waals surface area contributed by atoms with E-state index in [1.807, 2.05) is 32.2 Å². The van der Waals surface area contributed by atoms with Gasteiger partial charge in [0.25, 0.3) is 0 Å². The summed E-state index contributed by atoms with van der Waals surface area (Å²) in [6.45, 7) is 2.58. The van der Waals surface area contributed by atoms with Crippen molar-refractivity contribution >= 4 is 39.0 Å². The van der Waals surface area contributed by atoms with Crippen molar-refractivity contribution in [2.24, 2.45) is 12.8 Å². The first kappa shape index (κ1) is 14.0. The van der Waals surface area contributed by atoms with Crippen LogP contribution in [0.5, 0.6) is 0 Å². The largest absolute Gasteiger partial charge is 0.389 e. The molecule has 0 bridgehead atoms. The third kappa shape index (κ3) is 2.96. The monoisotopic (exact) mass is 338 g/mol. The number of hydrogen-bond donors (Lipinski definition) is 2. The summed E-state index contributed by atoms with van der Waals surface area (Å²) in [6, 6.07) is 8.06. The average molecular weight is 339 g/mol. The number of benzene rings is 1. The Morgan fingerprint density at radius 2 is 2.16 bits per heavy atom. The van der Waals surface area contributed by atoms with Gasteiger partial charge < -0.3 is 11.1 Å². The Labute approximate surface area is 126 Å². The molecule has 0 aliphatic carbocycles. The molecule has 0 saturated carbocycles. The molecule has 1 aromatic heterocycles. The molecule has 0 radical (unpaired) electrons. The number of hydrogen-bond acceptors (Lipinski definition) is 3. The van der Waals surface area contributed by atoms with E-state index in [-0.39, 0.29) is 0 Å². The van der Waals surface area contributed by atoms with Gasteiger partial charge in [-0.1, -0.05) is 46.3 Å². The van der Waals surface area contributed by atoms with Crippen LogP contribution in [0, 0.1) is 6.92 Å². The molecule has 19 heavy (non-hydrogen) atoms. The summed E-state index contributed by atoms with van der Waals surface area (Å²) in [4.78, 5) is 0.361. The second kappa shape index (κ2) is 5.71. The Morgan fingerprint density at radius 3 is 2.79 bits per heavy atom. The van der Waals surface area contributed by atoms with E-state index in [0.717, 1.165) is 27.1 Å². The molecular weight excluding hydrogens is 324 g/mol. The van der Waals surface area contributed by atoms with Crippen molar-refractivity contribution in [3.63, 3.8) is 0 Å². The third-order valence-corrected chi connectivity index (χ3v) is 3.85. The minimum Gasteiger partial charge on any atom is -0.389 e. The molecule has 100 valence electrons. The van der Waals surface area contributed by atoms with Crippen LogP contribution in [0.1, 0.15) is 16.8 Å². The number of nitrogens with zero attached hydrogens (tertiary/aromatic N) is 2. The Balaban J connectivity index is 2.25. The number of halogens is 1. The molecule has 0 atom stereocenters. The van der Waals surface area contributed by atoms with Crippen LogP contribution in [0.2, 0.25) is 0 Å². The molecule has 4 nitrogen and oxygen atoms in total. The minimum absolute atomic E-state index is 0.361. The van der Waals surface area contributed by atoms with Gasteiger partial charge in [0, 0.05) is 18.1 Å². The first-order valence-electron chi connectivity index (χ1n) is 5.81. The van der Waals surface area contributed by atoms with E-state index in [1.165, 1.54) is 0 Å². The maximum Gasteiger partial charge on any atom is 0.134 e. The van der Waals surface area contributed by atoms with E-state index in [1.54, 1.807) is 4.68 Å². The molecule has 2 rings (SSSR count). The number of rotatable bonds is 4. The van der Waals surface area contributed by atoms with Gasteiger partial charge in [-0.3, -0.25) is 4.68 Å². The number of aromatic nitrogens is 2. The molecule has 0 amide bonds. The molecule has 2 aromatic rings. The lowest BCUT2D eigenvalue weighted by molar-refractivity contribution is 0.758. The fourth-order valence-electron chi connectivity index (χ4n) is 1.98. The molecule has 3 N–H and O–H groups in total. The minimum atomic E-state index is 0.361. The normalized spacial score (nSPS) is 10.5. The lowest BCUT2D eigenvalue weighted by Gasteiger charge is -2.10. The van der Waals surface area contributed by atoms with Crippen molar-refractivity contribution in [2.45, 2.75) is 13.5 Å². The Hall–Kier alpha value is -1.40. The lowest BCUT2D eigenvalue weighted by atomic mass is 10.2. The van der Waals surface area contributed by atoms with Crippen molar-refractivity contribution in [1.82, 2.24) is 9.78 Å². The molecule has 0 spiro atoms. The number of aryl methyl sites for hydroxylation is 2. The molecule has 1 aromatic carbocycles. The van der Waals surface area contributed by atoms with Crippen LogP contribution in [-0.4, -0.2) is 14.8 Å². The summed E-state index contributed by atoms with van der Waals surface area (Å²) in [5.41, 5.74) is 8.57. The van der Waals surface area contributed by atoms with Crippen molar-refractivity contribution in [1.29, 1.82) is 0 Å². The summed E-state index contributed by atoms with van der Waals surface area (Å²) in [5, 5.41) is 7.69. The smallest absolute Gasteiger partial charge is 0.134 e. The highest BCUT2D eigenvalue weighted by Crippen LogP contribution is 2.21. The highest BCUT2D eigenvalue weighted by Gasteiger charge is 2.15. The summed E-state index contributed by atoms with van der Waals surface area (Å²) < 4.78 is 2.83. The van der Waals surface area contributed by atoms with Gasteiger partial charge in [0.2, 0.25) is 0 Å². The maximum atomic E-state index is 5.76. The van der Waals surface area contributed by atoms with Gasteiger partial charge in [-0.15, -0.1) is 0 Å². The van der Waals surface area contributed by atoms with Crippen LogP contribution >= 0.6 is 28.1 Å². The van der Waals surface area contributed by atoms with Gasteiger partial charge in [0.1, 0.15) is 10.8 Å². The number of nitrogens with one attached hydrogen (secondary N) is 1. The van der Waals surface area contributed by atoms with Gasteiger partial charge >= 0.3 is 0 Å². The summed E-state index contributed by atoms with van der Waals surface area (Å²) in [6.07, 6.45) is 0. The first-order valence-corrected chi connectivity index (χ1v) is 7.01. The van der Waals surface area contributed by atoms with Crippen molar-refractivity contribution in [3.8, 4) is 0 Å². The zero-order valence-corrected chi connectivity index (χ0v) is 13.2. The SMILES string of the molecule is Cc1nn(C)c(NCc2ccccc2Br)c1C(N)=S. The Morgan fingerprint density at radius 1 is 1.47 bits per heavy atom. The topological polar surface area (TPSA) is 55.9 Å².